The number of hydrogen-bond acceptors (Lipinski definition) is 17. The summed E-state index contributed by atoms with van der Waals surface area (Å²) in [6, 6.07) is 30.0. The molecule has 0 bridgehead atoms. The van der Waals surface area contributed by atoms with Crippen molar-refractivity contribution in [2.24, 2.45) is 0 Å². The van der Waals surface area contributed by atoms with Gasteiger partial charge in [-0.3, -0.25) is 35.2 Å². The molecule has 23 nitrogen and oxygen atoms in total. The molecule has 1 saturated heterocycles. The van der Waals surface area contributed by atoms with E-state index in [1.807, 2.05) is 66.5 Å². The topological polar surface area (TPSA) is 239 Å². The van der Waals surface area contributed by atoms with Crippen LogP contribution in [0, 0.1) is 20.8 Å². The van der Waals surface area contributed by atoms with Crippen LogP contribution < -0.4 is 16.0 Å². The molecule has 4 aliphatic rings. The zero-order valence-electron chi connectivity index (χ0n) is 59.1. The molecule has 1 fully saturated rings. The molecule has 3 N–H and O–H groups in total. The zero-order chi connectivity index (χ0) is 72.1. The summed E-state index contributed by atoms with van der Waals surface area (Å²) in [6.45, 7) is 15.2. The van der Waals surface area contributed by atoms with Gasteiger partial charge >= 0.3 is 18.1 Å². The summed E-state index contributed by atoms with van der Waals surface area (Å²) in [5, 5.41) is 12.1. The fourth-order valence-electron chi connectivity index (χ4n) is 12.1. The van der Waals surface area contributed by atoms with Gasteiger partial charge in [-0.25, -0.2) is 29.3 Å². The quantitative estimate of drug-likeness (QED) is 0.0345. The fraction of sp³-hybridized carbons (Fsp3) is 0.316. The molecule has 538 valence electrons. The van der Waals surface area contributed by atoms with E-state index >= 15 is 0 Å². The van der Waals surface area contributed by atoms with Gasteiger partial charge in [0.15, 0.2) is 6.29 Å². The Labute approximate surface area is 617 Å². The van der Waals surface area contributed by atoms with Crippen LogP contribution in [0.2, 0.25) is 0 Å². The van der Waals surface area contributed by atoms with Crippen molar-refractivity contribution in [3.05, 3.63) is 193 Å². The van der Waals surface area contributed by atoms with Crippen LogP contribution in [0.25, 0.3) is 48.5 Å². The maximum absolute atomic E-state index is 12.8. The molecule has 3 aromatic carbocycles. The van der Waals surface area contributed by atoms with Gasteiger partial charge in [0, 0.05) is 157 Å². The predicted molar refractivity (Wildman–Crippen MR) is 412 cm³/mol. The van der Waals surface area contributed by atoms with Crippen molar-refractivity contribution < 1.29 is 43.0 Å². The molecule has 103 heavy (non-hydrogen) atoms. The van der Waals surface area contributed by atoms with Gasteiger partial charge in [0.2, 0.25) is 17.7 Å². The van der Waals surface area contributed by atoms with Crippen LogP contribution in [0.4, 0.5) is 31.8 Å². The Morgan fingerprint density at radius 3 is 1.24 bits per heavy atom. The Morgan fingerprint density at radius 2 is 0.874 bits per heavy atom. The van der Waals surface area contributed by atoms with Crippen molar-refractivity contribution in [3.8, 4) is 0 Å². The van der Waals surface area contributed by atoms with E-state index in [-0.39, 0.29) is 54.8 Å². The summed E-state index contributed by atoms with van der Waals surface area (Å²) in [7, 11) is 10.6. The average Bonchev–Trinajstić information content (AvgIpc) is 1.81. The van der Waals surface area contributed by atoms with Crippen LogP contribution in [0.3, 0.4) is 0 Å². The molecule has 10 heterocycles. The second kappa shape index (κ2) is 34.9. The lowest BCUT2D eigenvalue weighted by atomic mass is 10.1. The number of halogens is 1. The minimum Gasteiger partial charge on any atom is -0.354 e. The summed E-state index contributed by atoms with van der Waals surface area (Å²) in [5.41, 5.74) is 8.66. The van der Waals surface area contributed by atoms with E-state index in [9.17, 15) is 33.6 Å². The highest BCUT2D eigenvalue weighted by Crippen LogP contribution is 2.35. The Morgan fingerprint density at radius 1 is 0.524 bits per heavy atom. The SMILES string of the molecule is COC(CN1Cc2cc(/C=C/C(=O)N(C)Cc3sc4ccccc4c3C)cnc2NC1=O)OC.Cc1c(CN(C)C(=O)/C=C/c2cnc3c(c2)CN(CC=O)C(=O)N3)sc2ccccc12.Cc1c(CN(C)C(=O)/C=C/c2cnc3c(c2)CN(CCN2CCN(C)CC2)C(=O)N3)sc2ccccc12.Cl. The number of nitrogens with one attached hydrogen (secondary N) is 3. The zero-order valence-corrected chi connectivity index (χ0v) is 62.4. The number of nitrogens with zero attached hydrogens (tertiary/aromatic N) is 11. The third-order valence-electron chi connectivity index (χ3n) is 18.4. The van der Waals surface area contributed by atoms with E-state index in [2.05, 4.69) is 105 Å². The summed E-state index contributed by atoms with van der Waals surface area (Å²) < 4.78 is 14.1. The first kappa shape index (κ1) is 75.9. The Hall–Kier alpha value is -9.77. The number of carbonyl (C=O) groups is 7. The number of methoxy groups -OCH3 is 2. The van der Waals surface area contributed by atoms with Gasteiger partial charge in [0.1, 0.15) is 23.7 Å². The molecule has 13 rings (SSSR count). The number of benzene rings is 3. The highest BCUT2D eigenvalue weighted by Gasteiger charge is 2.29. The van der Waals surface area contributed by atoms with Crippen molar-refractivity contribution >= 4 is 154 Å². The van der Waals surface area contributed by atoms with E-state index in [0.29, 0.717) is 76.1 Å². The molecule has 4 aliphatic heterocycles. The van der Waals surface area contributed by atoms with Crippen molar-refractivity contribution in [2.45, 2.75) is 66.3 Å². The van der Waals surface area contributed by atoms with Gasteiger partial charge in [-0.15, -0.1) is 46.4 Å². The molecular formula is C76H85ClN14O9S3. The molecule has 9 amide bonds. The molecule has 0 atom stereocenters. The van der Waals surface area contributed by atoms with Crippen molar-refractivity contribution in [1.82, 2.24) is 54.2 Å². The fourth-order valence-corrected chi connectivity index (χ4v) is 15.9. The molecule has 9 aromatic rings. The van der Waals surface area contributed by atoms with Crippen LogP contribution >= 0.6 is 46.4 Å². The summed E-state index contributed by atoms with van der Waals surface area (Å²) in [6.07, 6.45) is 15.0. The maximum Gasteiger partial charge on any atom is 0.323 e. The molecule has 0 spiro atoms. The number of thiophene rings is 3. The maximum atomic E-state index is 12.8. The number of rotatable bonds is 21. The lowest BCUT2D eigenvalue weighted by molar-refractivity contribution is -0.125. The molecular weight excluding hydrogens is 1380 g/mol. The number of amides is 9. The minimum atomic E-state index is -0.513. The molecule has 27 heteroatoms. The molecule has 0 unspecified atom stereocenters. The van der Waals surface area contributed by atoms with E-state index in [0.717, 1.165) is 66.1 Å². The van der Waals surface area contributed by atoms with Gasteiger partial charge in [0.05, 0.1) is 52.4 Å². The number of piperazine rings is 1. The van der Waals surface area contributed by atoms with Crippen LogP contribution in [0.5, 0.6) is 0 Å². The monoisotopic (exact) mass is 1470 g/mol. The summed E-state index contributed by atoms with van der Waals surface area (Å²) in [4.78, 5) is 117. The first-order chi connectivity index (χ1) is 49.2. The lowest BCUT2D eigenvalue weighted by Gasteiger charge is -2.35. The first-order valence-electron chi connectivity index (χ1n) is 33.5. The number of likely N-dealkylation sites (N-methyl/N-ethyl adjacent to an activating group) is 4. The van der Waals surface area contributed by atoms with Crippen LogP contribution in [-0.4, -0.2) is 197 Å². The van der Waals surface area contributed by atoms with E-state index in [1.165, 1.54) is 86.8 Å². The number of hydrogen-bond donors (Lipinski definition) is 3. The third kappa shape index (κ3) is 18.9. The molecule has 0 saturated carbocycles. The minimum absolute atomic E-state index is 0. The second-order valence-corrected chi connectivity index (χ2v) is 28.9. The van der Waals surface area contributed by atoms with Gasteiger partial charge in [-0.05, 0) is 132 Å². The van der Waals surface area contributed by atoms with Gasteiger partial charge in [-0.2, -0.15) is 0 Å². The number of aryl methyl sites for hydroxylation is 3. The number of fused-ring (bicyclic) bond motifs is 6. The number of ether oxygens (including phenoxy) is 2. The number of anilines is 3. The average molecular weight is 1470 g/mol. The van der Waals surface area contributed by atoms with Crippen molar-refractivity contribution in [1.29, 1.82) is 0 Å². The summed E-state index contributed by atoms with van der Waals surface area (Å²) in [5.74, 6) is 1.35. The van der Waals surface area contributed by atoms with E-state index in [1.54, 1.807) is 117 Å². The lowest BCUT2D eigenvalue weighted by Crippen LogP contribution is -2.48. The smallest absolute Gasteiger partial charge is 0.323 e. The van der Waals surface area contributed by atoms with Crippen LogP contribution in [0.1, 0.15) is 64.7 Å². The standard InChI is InChI=1S/C28H34N6O2S.C25H28N4O4S.C23H22N4O3S.ClH/c1-20-23-6-4-5-7-24(23)37-25(20)19-32(3)26(35)9-8-21-16-22-18-34(28(36)30-27(22)29-17-21)15-14-33-12-10-31(2)11-13-33;1-16-19-7-5-6-8-20(19)34-21(16)14-28(2)22(30)10-9-17-11-18-13-29(15-23(32-3)33-4)25(31)27-24(18)26-12-17;1-15-18-5-3-4-6-19(18)31-20(15)14-26(2)21(29)8-7-16-11-17-13-27(9-10-28)23(30)25-22(17)24-12-16;/h4-9,16-17H,10-15,18-19H2,1-3H3,(H,29,30,36);5-12,23H,13-15H2,1-4H3,(H,26,27,31);3-8,10-12H,9,13-14H2,1-2H3,(H,24,25,30);1H/b9-8+;10-9+;8-7+;. The van der Waals surface area contributed by atoms with Crippen molar-refractivity contribution in [3.63, 3.8) is 0 Å². The van der Waals surface area contributed by atoms with Crippen LogP contribution in [-0.2, 0) is 67.9 Å². The molecule has 6 aromatic heterocycles. The molecule has 0 aliphatic carbocycles. The normalized spacial score (nSPS) is 14.5. The number of aldehydes is 1. The number of pyridine rings is 3. The number of carbonyl (C=O) groups excluding carboxylic acids is 7. The number of urea groups is 3. The molecule has 0 radical (unpaired) electrons. The second-order valence-electron chi connectivity index (χ2n) is 25.5. The third-order valence-corrected chi connectivity index (χ3v) is 22.2. The number of aromatic nitrogens is 3. The Kier molecular flexibility index (Phi) is 25.7. The van der Waals surface area contributed by atoms with Gasteiger partial charge in [-0.1, -0.05) is 54.6 Å². The van der Waals surface area contributed by atoms with Gasteiger partial charge < -0.3 is 48.6 Å². The van der Waals surface area contributed by atoms with E-state index < -0.39 is 6.29 Å². The predicted octanol–water partition coefficient (Wildman–Crippen LogP) is 12.4. The Bertz CT molecular complexity index is 4690. The van der Waals surface area contributed by atoms with Gasteiger partial charge in [0.25, 0.3) is 0 Å². The largest absolute Gasteiger partial charge is 0.354 e. The van der Waals surface area contributed by atoms with Crippen molar-refractivity contribution in [2.75, 3.05) is 111 Å². The Balaban J connectivity index is 0.000000166. The summed E-state index contributed by atoms with van der Waals surface area (Å²) >= 11 is 5.17. The van der Waals surface area contributed by atoms with E-state index in [4.69, 9.17) is 9.47 Å². The highest BCUT2D eigenvalue weighted by molar-refractivity contribution is 7.20. The van der Waals surface area contributed by atoms with Crippen LogP contribution in [0.15, 0.2) is 128 Å². The highest BCUT2D eigenvalue weighted by atomic mass is 35.5. The first-order valence-corrected chi connectivity index (χ1v) is 35.9.